The number of anilines is 1. The summed E-state index contributed by atoms with van der Waals surface area (Å²) in [5, 5.41) is 6.02. The number of urea groups is 1. The van der Waals surface area contributed by atoms with E-state index in [2.05, 4.69) is 34.9 Å². The number of aryl methyl sites for hydroxylation is 1. The zero-order valence-electron chi connectivity index (χ0n) is 13.3. The molecule has 0 heterocycles. The molecule has 2 N–H and O–H groups in total. The number of amides is 2. The molecule has 4 nitrogen and oxygen atoms in total. The summed E-state index contributed by atoms with van der Waals surface area (Å²) in [5.74, 6) is 0. The van der Waals surface area contributed by atoms with Crippen LogP contribution < -0.4 is 10.6 Å². The predicted octanol–water partition coefficient (Wildman–Crippen LogP) is 3.51. The van der Waals surface area contributed by atoms with Crippen molar-refractivity contribution >= 4 is 11.7 Å². The van der Waals surface area contributed by atoms with Crippen LogP contribution in [0.15, 0.2) is 48.5 Å². The maximum atomic E-state index is 12.3. The Morgan fingerprint density at radius 1 is 1.13 bits per heavy atom. The third-order valence-corrected chi connectivity index (χ3v) is 4.25. The average molecular weight is 310 g/mol. The minimum absolute atomic E-state index is 0.155. The molecule has 2 aromatic carbocycles. The molecule has 2 amide bonds. The van der Waals surface area contributed by atoms with Gasteiger partial charge in [-0.3, -0.25) is 0 Å². The number of nitrogens with one attached hydrogen (secondary N) is 2. The van der Waals surface area contributed by atoms with Gasteiger partial charge in [-0.15, -0.1) is 0 Å². The number of para-hydroxylation sites is 1. The van der Waals surface area contributed by atoms with Gasteiger partial charge in [-0.25, -0.2) is 4.79 Å². The van der Waals surface area contributed by atoms with Gasteiger partial charge in [-0.1, -0.05) is 42.5 Å². The number of fused-ring (bicyclic) bond motifs is 1. The number of carbonyl (C=O) groups is 1. The van der Waals surface area contributed by atoms with Crippen molar-refractivity contribution in [2.24, 2.45) is 0 Å². The van der Waals surface area contributed by atoms with Gasteiger partial charge in [-0.2, -0.15) is 0 Å². The molecule has 0 bridgehead atoms. The van der Waals surface area contributed by atoms with Crippen molar-refractivity contribution in [3.05, 3.63) is 65.2 Å². The third-order valence-electron chi connectivity index (χ3n) is 4.25. The Morgan fingerprint density at radius 2 is 1.87 bits per heavy atom. The highest BCUT2D eigenvalue weighted by atomic mass is 16.5. The van der Waals surface area contributed by atoms with Gasteiger partial charge in [0, 0.05) is 24.4 Å². The van der Waals surface area contributed by atoms with Gasteiger partial charge in [0.1, 0.15) is 0 Å². The molecule has 0 aliphatic heterocycles. The molecule has 1 atom stereocenters. The van der Waals surface area contributed by atoms with Crippen LogP contribution in [0, 0.1) is 0 Å². The van der Waals surface area contributed by atoms with Crippen LogP contribution in [-0.4, -0.2) is 19.2 Å². The summed E-state index contributed by atoms with van der Waals surface area (Å²) < 4.78 is 5.17. The minimum atomic E-state index is -0.155. The number of carbonyl (C=O) groups excluding carboxylic acids is 1. The Balaban J connectivity index is 1.60. The van der Waals surface area contributed by atoms with Gasteiger partial charge in [-0.05, 0) is 36.5 Å². The van der Waals surface area contributed by atoms with Crippen LogP contribution in [0.1, 0.15) is 23.1 Å². The van der Waals surface area contributed by atoms with E-state index in [1.54, 1.807) is 7.11 Å². The SMILES string of the molecule is COCc1ccccc1NC(=O)N[C@H]1CCc2ccccc2C1. The molecule has 0 radical (unpaired) electrons. The number of hydrogen-bond acceptors (Lipinski definition) is 2. The summed E-state index contributed by atoms with van der Waals surface area (Å²) in [4.78, 5) is 12.3. The van der Waals surface area contributed by atoms with Crippen molar-refractivity contribution in [3.63, 3.8) is 0 Å². The Hall–Kier alpha value is -2.33. The third kappa shape index (κ3) is 3.90. The quantitative estimate of drug-likeness (QED) is 0.908. The lowest BCUT2D eigenvalue weighted by Gasteiger charge is -2.25. The first-order chi connectivity index (χ1) is 11.3. The maximum Gasteiger partial charge on any atom is 0.319 e. The van der Waals surface area contributed by atoms with Crippen molar-refractivity contribution in [3.8, 4) is 0 Å². The van der Waals surface area contributed by atoms with Crippen LogP contribution in [0.5, 0.6) is 0 Å². The second kappa shape index (κ2) is 7.29. The molecule has 0 spiro atoms. The van der Waals surface area contributed by atoms with Crippen LogP contribution in [-0.2, 0) is 24.2 Å². The van der Waals surface area contributed by atoms with Crippen LogP contribution in [0.3, 0.4) is 0 Å². The van der Waals surface area contributed by atoms with E-state index in [1.165, 1.54) is 11.1 Å². The van der Waals surface area contributed by atoms with Crippen molar-refractivity contribution in [1.29, 1.82) is 0 Å². The van der Waals surface area contributed by atoms with Gasteiger partial charge in [0.25, 0.3) is 0 Å². The Kier molecular flexibility index (Phi) is 4.93. The first kappa shape index (κ1) is 15.6. The van der Waals surface area contributed by atoms with E-state index in [4.69, 9.17) is 4.74 Å². The smallest absolute Gasteiger partial charge is 0.319 e. The molecule has 23 heavy (non-hydrogen) atoms. The molecule has 1 aliphatic rings. The standard InChI is InChI=1S/C19H22N2O2/c1-23-13-16-8-4-5-9-18(16)21-19(22)20-17-11-10-14-6-2-3-7-15(14)12-17/h2-9,17H,10-13H2,1H3,(H2,20,21,22)/t17-/m0/s1. The molecule has 0 saturated carbocycles. The van der Waals surface area contributed by atoms with E-state index in [-0.39, 0.29) is 12.1 Å². The Labute approximate surface area is 136 Å². The highest BCUT2D eigenvalue weighted by molar-refractivity contribution is 5.90. The summed E-state index contributed by atoms with van der Waals surface area (Å²) in [6, 6.07) is 16.2. The highest BCUT2D eigenvalue weighted by Gasteiger charge is 2.20. The summed E-state index contributed by atoms with van der Waals surface area (Å²) in [5.41, 5.74) is 4.50. The molecule has 4 heteroatoms. The van der Waals surface area contributed by atoms with Crippen LogP contribution in [0.4, 0.5) is 10.5 Å². The highest BCUT2D eigenvalue weighted by Crippen LogP contribution is 2.21. The second-order valence-electron chi connectivity index (χ2n) is 5.90. The van der Waals surface area contributed by atoms with E-state index in [1.807, 2.05) is 24.3 Å². The minimum Gasteiger partial charge on any atom is -0.380 e. The molecule has 0 unspecified atom stereocenters. The van der Waals surface area contributed by atoms with Crippen LogP contribution in [0.2, 0.25) is 0 Å². The van der Waals surface area contributed by atoms with E-state index in [9.17, 15) is 4.79 Å². The van der Waals surface area contributed by atoms with Gasteiger partial charge in [0.2, 0.25) is 0 Å². The normalized spacial score (nSPS) is 16.5. The van der Waals surface area contributed by atoms with E-state index in [0.29, 0.717) is 6.61 Å². The van der Waals surface area contributed by atoms with Crippen molar-refractivity contribution in [2.75, 3.05) is 12.4 Å². The lowest BCUT2D eigenvalue weighted by Crippen LogP contribution is -2.41. The molecule has 3 rings (SSSR count). The summed E-state index contributed by atoms with van der Waals surface area (Å²) in [6.45, 7) is 0.479. The lowest BCUT2D eigenvalue weighted by atomic mass is 9.88. The summed E-state index contributed by atoms with van der Waals surface area (Å²) in [7, 11) is 1.65. The average Bonchev–Trinajstić information content (AvgIpc) is 2.57. The number of rotatable bonds is 4. The number of methoxy groups -OCH3 is 1. The second-order valence-corrected chi connectivity index (χ2v) is 5.90. The molecular weight excluding hydrogens is 288 g/mol. The predicted molar refractivity (Wildman–Crippen MR) is 91.6 cm³/mol. The van der Waals surface area contributed by atoms with Crippen LogP contribution >= 0.6 is 0 Å². The molecule has 0 fully saturated rings. The van der Waals surface area contributed by atoms with E-state index >= 15 is 0 Å². The van der Waals surface area contributed by atoms with E-state index in [0.717, 1.165) is 30.5 Å². The number of hydrogen-bond donors (Lipinski definition) is 2. The summed E-state index contributed by atoms with van der Waals surface area (Å²) in [6.07, 6.45) is 2.88. The molecule has 0 saturated heterocycles. The topological polar surface area (TPSA) is 50.4 Å². The number of benzene rings is 2. The first-order valence-corrected chi connectivity index (χ1v) is 7.97. The molecule has 1 aliphatic carbocycles. The summed E-state index contributed by atoms with van der Waals surface area (Å²) >= 11 is 0. The molecular formula is C19H22N2O2. The Morgan fingerprint density at radius 3 is 2.70 bits per heavy atom. The molecule has 2 aromatic rings. The zero-order valence-corrected chi connectivity index (χ0v) is 13.3. The van der Waals surface area contributed by atoms with E-state index < -0.39 is 0 Å². The van der Waals surface area contributed by atoms with Crippen molar-refractivity contribution < 1.29 is 9.53 Å². The first-order valence-electron chi connectivity index (χ1n) is 7.97. The van der Waals surface area contributed by atoms with Gasteiger partial charge in [0.05, 0.1) is 6.61 Å². The molecule has 0 aromatic heterocycles. The van der Waals surface area contributed by atoms with Crippen LogP contribution in [0.25, 0.3) is 0 Å². The Bertz CT molecular complexity index is 685. The monoisotopic (exact) mass is 310 g/mol. The largest absolute Gasteiger partial charge is 0.380 e. The maximum absolute atomic E-state index is 12.3. The molecule has 120 valence electrons. The van der Waals surface area contributed by atoms with Gasteiger partial charge < -0.3 is 15.4 Å². The lowest BCUT2D eigenvalue weighted by molar-refractivity contribution is 0.185. The fraction of sp³-hybridized carbons (Fsp3) is 0.316. The van der Waals surface area contributed by atoms with Gasteiger partial charge in [0.15, 0.2) is 0 Å². The fourth-order valence-electron chi connectivity index (χ4n) is 3.09. The zero-order chi connectivity index (χ0) is 16.1. The van der Waals surface area contributed by atoms with Crippen molar-refractivity contribution in [2.45, 2.75) is 31.9 Å². The van der Waals surface area contributed by atoms with Crippen molar-refractivity contribution in [1.82, 2.24) is 5.32 Å². The number of ether oxygens (including phenoxy) is 1. The van der Waals surface area contributed by atoms with Gasteiger partial charge >= 0.3 is 6.03 Å². The fourth-order valence-corrected chi connectivity index (χ4v) is 3.09.